The van der Waals surface area contributed by atoms with Crippen molar-refractivity contribution in [3.05, 3.63) is 28.5 Å². The molecule has 1 heterocycles. The summed E-state index contributed by atoms with van der Waals surface area (Å²) in [6, 6.07) is 4.26. The topological polar surface area (TPSA) is 41.1 Å². The first-order valence-electron chi connectivity index (χ1n) is 5.98. The van der Waals surface area contributed by atoms with E-state index in [2.05, 4.69) is 26.6 Å². The summed E-state index contributed by atoms with van der Waals surface area (Å²) in [5.74, 6) is -0.429. The number of nitrogens with one attached hydrogen (secondary N) is 2. The molecule has 0 saturated carbocycles. The number of rotatable bonds is 2. The van der Waals surface area contributed by atoms with Gasteiger partial charge in [-0.05, 0) is 60.4 Å². The first-order valence-corrected chi connectivity index (χ1v) is 6.78. The van der Waals surface area contributed by atoms with Crippen LogP contribution in [0.2, 0.25) is 0 Å². The molecule has 2 rings (SSSR count). The van der Waals surface area contributed by atoms with E-state index in [-0.39, 0.29) is 11.7 Å². The second-order valence-electron chi connectivity index (χ2n) is 4.92. The number of halogens is 2. The van der Waals surface area contributed by atoms with Crippen molar-refractivity contribution in [1.82, 2.24) is 5.32 Å². The van der Waals surface area contributed by atoms with Gasteiger partial charge in [-0.15, -0.1) is 0 Å². The van der Waals surface area contributed by atoms with Gasteiger partial charge >= 0.3 is 0 Å². The zero-order chi connectivity index (χ0) is 13.2. The number of anilines is 1. The van der Waals surface area contributed by atoms with Gasteiger partial charge in [-0.3, -0.25) is 4.79 Å². The highest BCUT2D eigenvalue weighted by Crippen LogP contribution is 2.29. The third-order valence-corrected chi connectivity index (χ3v) is 4.01. The van der Waals surface area contributed by atoms with Crippen LogP contribution in [0.1, 0.15) is 19.8 Å². The molecule has 1 aromatic carbocycles. The Morgan fingerprint density at radius 3 is 3.00 bits per heavy atom. The van der Waals surface area contributed by atoms with Crippen LogP contribution in [0.4, 0.5) is 10.1 Å². The van der Waals surface area contributed by atoms with Crippen molar-refractivity contribution >= 4 is 27.5 Å². The molecule has 1 aromatic rings. The minimum absolute atomic E-state index is 0.0685. The molecule has 1 saturated heterocycles. The molecule has 1 unspecified atom stereocenters. The van der Waals surface area contributed by atoms with Gasteiger partial charge in [0.15, 0.2) is 0 Å². The summed E-state index contributed by atoms with van der Waals surface area (Å²) in [6.07, 6.45) is 1.83. The van der Waals surface area contributed by atoms with Gasteiger partial charge in [0.1, 0.15) is 5.82 Å². The maximum absolute atomic E-state index is 13.2. The fraction of sp³-hybridized carbons (Fsp3) is 0.462. The van der Waals surface area contributed by atoms with Crippen LogP contribution in [0, 0.1) is 11.2 Å². The second-order valence-corrected chi connectivity index (χ2v) is 5.77. The lowest BCUT2D eigenvalue weighted by molar-refractivity contribution is -0.125. The van der Waals surface area contributed by atoms with Gasteiger partial charge in [0, 0.05) is 11.0 Å². The summed E-state index contributed by atoms with van der Waals surface area (Å²) in [5.41, 5.74) is 0.0519. The smallest absolute Gasteiger partial charge is 0.231 e. The van der Waals surface area contributed by atoms with Gasteiger partial charge in [0.25, 0.3) is 0 Å². The largest absolute Gasteiger partial charge is 0.324 e. The average molecular weight is 315 g/mol. The summed E-state index contributed by atoms with van der Waals surface area (Å²) >= 11 is 3.30. The molecule has 1 atom stereocenters. The van der Waals surface area contributed by atoms with E-state index in [1.165, 1.54) is 12.1 Å². The summed E-state index contributed by atoms with van der Waals surface area (Å²) in [5, 5.41) is 6.02. The van der Waals surface area contributed by atoms with E-state index in [1.807, 2.05) is 6.92 Å². The summed E-state index contributed by atoms with van der Waals surface area (Å²) < 4.78 is 13.8. The lowest BCUT2D eigenvalue weighted by Crippen LogP contribution is -2.46. The molecule has 18 heavy (non-hydrogen) atoms. The molecule has 1 amide bonds. The fourth-order valence-electron chi connectivity index (χ4n) is 2.12. The van der Waals surface area contributed by atoms with E-state index in [0.29, 0.717) is 16.7 Å². The van der Waals surface area contributed by atoms with Crippen LogP contribution in [0.5, 0.6) is 0 Å². The zero-order valence-corrected chi connectivity index (χ0v) is 11.8. The van der Waals surface area contributed by atoms with Crippen LogP contribution in [-0.4, -0.2) is 19.0 Å². The van der Waals surface area contributed by atoms with E-state index in [1.54, 1.807) is 6.07 Å². The highest BCUT2D eigenvalue weighted by Gasteiger charge is 2.34. The van der Waals surface area contributed by atoms with Crippen LogP contribution >= 0.6 is 15.9 Å². The van der Waals surface area contributed by atoms with Crippen molar-refractivity contribution in [2.75, 3.05) is 18.4 Å². The van der Waals surface area contributed by atoms with Crippen LogP contribution in [-0.2, 0) is 4.79 Å². The maximum atomic E-state index is 13.2. The van der Waals surface area contributed by atoms with Crippen LogP contribution in [0.3, 0.4) is 0 Å². The zero-order valence-electron chi connectivity index (χ0n) is 10.2. The van der Waals surface area contributed by atoms with E-state index in [0.717, 1.165) is 19.4 Å². The SMILES string of the molecule is CC1(C(=O)Nc2cc(F)ccc2Br)CCCNC1. The lowest BCUT2D eigenvalue weighted by atomic mass is 9.82. The molecule has 98 valence electrons. The molecule has 2 N–H and O–H groups in total. The van der Waals surface area contributed by atoms with Crippen molar-refractivity contribution in [1.29, 1.82) is 0 Å². The Balaban J connectivity index is 2.13. The fourth-order valence-corrected chi connectivity index (χ4v) is 2.46. The summed E-state index contributed by atoms with van der Waals surface area (Å²) in [4.78, 5) is 12.3. The number of hydrogen-bond donors (Lipinski definition) is 2. The molecule has 1 aliphatic rings. The molecule has 1 fully saturated rings. The summed E-state index contributed by atoms with van der Waals surface area (Å²) in [7, 11) is 0. The molecular formula is C13H16BrFN2O. The predicted octanol–water partition coefficient (Wildman–Crippen LogP) is 2.92. The molecule has 0 radical (unpaired) electrons. The lowest BCUT2D eigenvalue weighted by Gasteiger charge is -2.32. The highest BCUT2D eigenvalue weighted by molar-refractivity contribution is 9.10. The number of hydrogen-bond acceptors (Lipinski definition) is 2. The van der Waals surface area contributed by atoms with Crippen LogP contribution < -0.4 is 10.6 Å². The Labute approximate surface area is 114 Å². The number of benzene rings is 1. The minimum atomic E-state index is -0.427. The van der Waals surface area contributed by atoms with Crippen molar-refractivity contribution in [2.24, 2.45) is 5.41 Å². The van der Waals surface area contributed by atoms with Crippen LogP contribution in [0.25, 0.3) is 0 Å². The average Bonchev–Trinajstić information content (AvgIpc) is 2.35. The highest BCUT2D eigenvalue weighted by atomic mass is 79.9. The van der Waals surface area contributed by atoms with Crippen molar-refractivity contribution in [3.8, 4) is 0 Å². The van der Waals surface area contributed by atoms with E-state index >= 15 is 0 Å². The van der Waals surface area contributed by atoms with Gasteiger partial charge in [-0.2, -0.15) is 0 Å². The molecular weight excluding hydrogens is 299 g/mol. The van der Waals surface area contributed by atoms with Crippen molar-refractivity contribution in [3.63, 3.8) is 0 Å². The third-order valence-electron chi connectivity index (χ3n) is 3.32. The van der Waals surface area contributed by atoms with Gasteiger partial charge in [0.2, 0.25) is 5.91 Å². The Morgan fingerprint density at radius 2 is 2.33 bits per heavy atom. The predicted molar refractivity (Wildman–Crippen MR) is 72.9 cm³/mol. The van der Waals surface area contributed by atoms with Gasteiger partial charge < -0.3 is 10.6 Å². The Bertz CT molecular complexity index is 458. The van der Waals surface area contributed by atoms with Crippen molar-refractivity contribution in [2.45, 2.75) is 19.8 Å². The first-order chi connectivity index (χ1) is 8.51. The van der Waals surface area contributed by atoms with E-state index < -0.39 is 5.41 Å². The monoisotopic (exact) mass is 314 g/mol. The molecule has 0 aromatic heterocycles. The summed E-state index contributed by atoms with van der Waals surface area (Å²) in [6.45, 7) is 3.54. The Hall–Kier alpha value is -0.940. The minimum Gasteiger partial charge on any atom is -0.324 e. The number of carbonyl (C=O) groups excluding carboxylic acids is 1. The third kappa shape index (κ3) is 2.90. The van der Waals surface area contributed by atoms with Gasteiger partial charge in [-0.1, -0.05) is 0 Å². The number of piperidine rings is 1. The molecule has 1 aliphatic heterocycles. The molecule has 0 bridgehead atoms. The molecule has 3 nitrogen and oxygen atoms in total. The van der Waals surface area contributed by atoms with Gasteiger partial charge in [-0.25, -0.2) is 4.39 Å². The number of amides is 1. The quantitative estimate of drug-likeness (QED) is 0.881. The second kappa shape index (κ2) is 5.36. The molecule has 0 spiro atoms. The number of carbonyl (C=O) groups is 1. The Kier molecular flexibility index (Phi) is 4.02. The normalized spacial score (nSPS) is 23.7. The van der Waals surface area contributed by atoms with Gasteiger partial charge in [0.05, 0.1) is 11.1 Å². The van der Waals surface area contributed by atoms with Crippen molar-refractivity contribution < 1.29 is 9.18 Å². The first kappa shape index (κ1) is 13.5. The van der Waals surface area contributed by atoms with Crippen LogP contribution in [0.15, 0.2) is 22.7 Å². The molecule has 5 heteroatoms. The van der Waals surface area contributed by atoms with E-state index in [4.69, 9.17) is 0 Å². The van der Waals surface area contributed by atoms with E-state index in [9.17, 15) is 9.18 Å². The standard InChI is InChI=1S/C13H16BrFN2O/c1-13(5-2-6-16-8-13)12(18)17-11-7-9(15)3-4-10(11)14/h3-4,7,16H,2,5-6,8H2,1H3,(H,17,18). The Morgan fingerprint density at radius 1 is 1.56 bits per heavy atom. The maximum Gasteiger partial charge on any atom is 0.231 e. The molecule has 0 aliphatic carbocycles.